The smallest absolute Gasteiger partial charge is 0.323 e. The molecular formula is C15H19N3OS. The Bertz CT molecular complexity index is 566. The van der Waals surface area contributed by atoms with Crippen molar-refractivity contribution in [2.24, 2.45) is 0 Å². The molecular weight excluding hydrogens is 270 g/mol. The highest BCUT2D eigenvalue weighted by Gasteiger charge is 2.12. The van der Waals surface area contributed by atoms with Crippen LogP contribution < -0.4 is 5.32 Å². The van der Waals surface area contributed by atoms with Crippen molar-refractivity contribution in [1.29, 1.82) is 0 Å². The van der Waals surface area contributed by atoms with Crippen LogP contribution in [0.15, 0.2) is 36.5 Å². The predicted molar refractivity (Wildman–Crippen MR) is 83.1 cm³/mol. The zero-order valence-corrected chi connectivity index (χ0v) is 12.8. The molecule has 0 saturated carbocycles. The Morgan fingerprint density at radius 2 is 2.05 bits per heavy atom. The number of rotatable bonds is 4. The van der Waals surface area contributed by atoms with Crippen molar-refractivity contribution in [3.8, 4) is 0 Å². The van der Waals surface area contributed by atoms with Crippen LogP contribution in [0.4, 0.5) is 9.93 Å². The van der Waals surface area contributed by atoms with Crippen LogP contribution in [0.1, 0.15) is 30.2 Å². The van der Waals surface area contributed by atoms with Crippen molar-refractivity contribution in [3.63, 3.8) is 0 Å². The van der Waals surface area contributed by atoms with Gasteiger partial charge >= 0.3 is 6.03 Å². The summed E-state index contributed by atoms with van der Waals surface area (Å²) < 4.78 is 0. The second-order valence-corrected chi connectivity index (χ2v) is 6.06. The van der Waals surface area contributed by atoms with Gasteiger partial charge in [-0.25, -0.2) is 9.78 Å². The van der Waals surface area contributed by atoms with Crippen LogP contribution in [0, 0.1) is 0 Å². The summed E-state index contributed by atoms with van der Waals surface area (Å²) in [5.74, 6) is 0.431. The Hall–Kier alpha value is -1.88. The summed E-state index contributed by atoms with van der Waals surface area (Å²) in [5, 5.41) is 3.48. The van der Waals surface area contributed by atoms with Crippen LogP contribution in [0.3, 0.4) is 0 Å². The molecule has 20 heavy (non-hydrogen) atoms. The Morgan fingerprint density at radius 1 is 1.35 bits per heavy atom. The second-order valence-electron chi connectivity index (χ2n) is 4.99. The van der Waals surface area contributed by atoms with E-state index in [9.17, 15) is 4.79 Å². The summed E-state index contributed by atoms with van der Waals surface area (Å²) in [6, 6.07) is 9.77. The van der Waals surface area contributed by atoms with E-state index in [0.29, 0.717) is 17.6 Å². The number of nitrogens with one attached hydrogen (secondary N) is 1. The molecule has 5 heteroatoms. The average Bonchev–Trinajstić information content (AvgIpc) is 2.88. The van der Waals surface area contributed by atoms with E-state index in [2.05, 4.69) is 24.1 Å². The van der Waals surface area contributed by atoms with E-state index in [-0.39, 0.29) is 6.03 Å². The van der Waals surface area contributed by atoms with Crippen molar-refractivity contribution < 1.29 is 4.79 Å². The molecule has 0 aliphatic heterocycles. The minimum atomic E-state index is -0.140. The highest BCUT2D eigenvalue weighted by molar-refractivity contribution is 7.15. The Labute approximate surface area is 123 Å². The third kappa shape index (κ3) is 3.81. The number of hydrogen-bond donors (Lipinski definition) is 1. The van der Waals surface area contributed by atoms with Crippen molar-refractivity contribution in [2.75, 3.05) is 12.4 Å². The molecule has 0 fully saturated rings. The maximum atomic E-state index is 12.1. The Kier molecular flexibility index (Phi) is 4.74. The molecule has 0 saturated heterocycles. The number of nitrogens with zero attached hydrogens (tertiary/aromatic N) is 2. The second kappa shape index (κ2) is 6.52. The lowest BCUT2D eigenvalue weighted by Crippen LogP contribution is -2.30. The van der Waals surface area contributed by atoms with Gasteiger partial charge in [0.15, 0.2) is 5.13 Å². The predicted octanol–water partition coefficient (Wildman–Crippen LogP) is 3.93. The van der Waals surface area contributed by atoms with E-state index in [4.69, 9.17) is 0 Å². The van der Waals surface area contributed by atoms with Gasteiger partial charge in [0, 0.05) is 24.7 Å². The van der Waals surface area contributed by atoms with Crippen LogP contribution in [-0.4, -0.2) is 23.0 Å². The zero-order chi connectivity index (χ0) is 14.5. The molecule has 1 N–H and O–H groups in total. The van der Waals surface area contributed by atoms with Crippen LogP contribution in [0.2, 0.25) is 0 Å². The fourth-order valence-corrected chi connectivity index (χ4v) is 2.54. The molecule has 0 aliphatic rings. The van der Waals surface area contributed by atoms with Gasteiger partial charge in [-0.15, -0.1) is 11.3 Å². The van der Waals surface area contributed by atoms with Crippen LogP contribution in [-0.2, 0) is 6.54 Å². The molecule has 0 spiro atoms. The standard InChI is InChI=1S/C15H19N3OS/c1-11(2)13-9-16-14(20-13)17-15(19)18(3)10-12-7-5-4-6-8-12/h4-9,11H,10H2,1-3H3,(H,16,17,19). The largest absolute Gasteiger partial charge is 0.323 e. The van der Waals surface area contributed by atoms with Gasteiger partial charge in [0.05, 0.1) is 0 Å². The monoisotopic (exact) mass is 289 g/mol. The number of thiazole rings is 1. The Morgan fingerprint density at radius 3 is 2.65 bits per heavy atom. The minimum Gasteiger partial charge on any atom is -0.323 e. The summed E-state index contributed by atoms with van der Waals surface area (Å²) in [6.07, 6.45) is 1.82. The maximum absolute atomic E-state index is 12.1. The van der Waals surface area contributed by atoms with Gasteiger partial charge in [-0.2, -0.15) is 0 Å². The summed E-state index contributed by atoms with van der Waals surface area (Å²) in [6.45, 7) is 4.80. The number of amides is 2. The first-order valence-electron chi connectivity index (χ1n) is 6.58. The lowest BCUT2D eigenvalue weighted by molar-refractivity contribution is 0.220. The van der Waals surface area contributed by atoms with Crippen LogP contribution >= 0.6 is 11.3 Å². The number of hydrogen-bond acceptors (Lipinski definition) is 3. The fraction of sp³-hybridized carbons (Fsp3) is 0.333. The third-order valence-electron chi connectivity index (χ3n) is 2.92. The molecule has 106 valence electrons. The lowest BCUT2D eigenvalue weighted by atomic mass is 10.2. The quantitative estimate of drug-likeness (QED) is 0.927. The molecule has 1 aromatic heterocycles. The first-order valence-corrected chi connectivity index (χ1v) is 7.39. The Balaban J connectivity index is 1.93. The van der Waals surface area contributed by atoms with Gasteiger partial charge in [0.2, 0.25) is 0 Å². The van der Waals surface area contributed by atoms with E-state index in [1.807, 2.05) is 36.5 Å². The van der Waals surface area contributed by atoms with Crippen molar-refractivity contribution >= 4 is 22.5 Å². The molecule has 0 atom stereocenters. The summed E-state index contributed by atoms with van der Waals surface area (Å²) >= 11 is 1.52. The van der Waals surface area contributed by atoms with E-state index < -0.39 is 0 Å². The third-order valence-corrected chi connectivity index (χ3v) is 4.13. The minimum absolute atomic E-state index is 0.140. The maximum Gasteiger partial charge on any atom is 0.323 e. The number of carbonyl (C=O) groups excluding carboxylic acids is 1. The van der Waals surface area contributed by atoms with E-state index >= 15 is 0 Å². The number of benzene rings is 1. The molecule has 0 unspecified atom stereocenters. The molecule has 0 bridgehead atoms. The van der Waals surface area contributed by atoms with E-state index in [0.717, 1.165) is 5.56 Å². The van der Waals surface area contributed by atoms with Gasteiger partial charge in [-0.05, 0) is 11.5 Å². The molecule has 0 aliphatic carbocycles. The molecule has 2 rings (SSSR count). The number of carbonyl (C=O) groups is 1. The lowest BCUT2D eigenvalue weighted by Gasteiger charge is -2.16. The molecule has 1 aromatic carbocycles. The van der Waals surface area contributed by atoms with Gasteiger partial charge in [0.1, 0.15) is 0 Å². The van der Waals surface area contributed by atoms with Crippen LogP contribution in [0.5, 0.6) is 0 Å². The summed E-state index contributed by atoms with van der Waals surface area (Å²) in [7, 11) is 1.78. The number of aromatic nitrogens is 1. The topological polar surface area (TPSA) is 45.2 Å². The van der Waals surface area contributed by atoms with Crippen molar-refractivity contribution in [2.45, 2.75) is 26.3 Å². The number of anilines is 1. The fourth-order valence-electron chi connectivity index (χ4n) is 1.73. The number of urea groups is 1. The van der Waals surface area contributed by atoms with Gasteiger partial charge < -0.3 is 4.90 Å². The highest BCUT2D eigenvalue weighted by Crippen LogP contribution is 2.25. The van der Waals surface area contributed by atoms with Crippen molar-refractivity contribution in [1.82, 2.24) is 9.88 Å². The summed E-state index contributed by atoms with van der Waals surface area (Å²) in [4.78, 5) is 19.1. The SMILES string of the molecule is CC(C)c1cnc(NC(=O)N(C)Cc2ccccc2)s1. The normalized spacial score (nSPS) is 10.6. The van der Waals surface area contributed by atoms with Crippen molar-refractivity contribution in [3.05, 3.63) is 47.0 Å². The zero-order valence-electron chi connectivity index (χ0n) is 12.0. The van der Waals surface area contributed by atoms with Gasteiger partial charge in [-0.1, -0.05) is 44.2 Å². The highest BCUT2D eigenvalue weighted by atomic mass is 32.1. The van der Waals surface area contributed by atoms with E-state index in [1.165, 1.54) is 16.2 Å². The average molecular weight is 289 g/mol. The van der Waals surface area contributed by atoms with Gasteiger partial charge in [0.25, 0.3) is 0 Å². The van der Waals surface area contributed by atoms with Crippen LogP contribution in [0.25, 0.3) is 0 Å². The molecule has 0 radical (unpaired) electrons. The molecule has 4 nitrogen and oxygen atoms in total. The first-order chi connectivity index (χ1) is 9.56. The molecule has 2 amide bonds. The molecule has 2 aromatic rings. The van der Waals surface area contributed by atoms with E-state index in [1.54, 1.807) is 11.9 Å². The summed E-state index contributed by atoms with van der Waals surface area (Å²) in [5.41, 5.74) is 1.10. The molecule has 1 heterocycles. The first kappa shape index (κ1) is 14.5. The van der Waals surface area contributed by atoms with Gasteiger partial charge in [-0.3, -0.25) is 5.32 Å².